The summed E-state index contributed by atoms with van der Waals surface area (Å²) in [5.74, 6) is 0.155. The highest BCUT2D eigenvalue weighted by molar-refractivity contribution is 7.91. The number of nitrogen functional groups attached to an aromatic ring is 1. The van der Waals surface area contributed by atoms with Gasteiger partial charge in [0.05, 0.1) is 12.1 Å². The Balaban J connectivity index is 1.37. The molecule has 2 aromatic heterocycles. The van der Waals surface area contributed by atoms with E-state index >= 15 is 0 Å². The van der Waals surface area contributed by atoms with Crippen molar-refractivity contribution >= 4 is 65.7 Å². The first-order valence-corrected chi connectivity index (χ1v) is 12.8. The molecule has 0 spiro atoms. The third-order valence-corrected chi connectivity index (χ3v) is 9.36. The zero-order valence-electron chi connectivity index (χ0n) is 17.6. The Morgan fingerprint density at radius 2 is 2.00 bits per heavy atom. The number of aromatic nitrogens is 2. The first-order chi connectivity index (χ1) is 15.7. The van der Waals surface area contributed by atoms with Crippen LogP contribution in [0.5, 0.6) is 0 Å². The minimum atomic E-state index is -3.80. The molecule has 4 aromatic rings. The molecule has 1 aliphatic heterocycles. The van der Waals surface area contributed by atoms with Crippen molar-refractivity contribution in [2.24, 2.45) is 0 Å². The molecule has 1 atom stereocenters. The third kappa shape index (κ3) is 4.04. The number of rotatable bonds is 4. The fourth-order valence-electron chi connectivity index (χ4n) is 4.03. The number of carbonyl (C=O) groups is 1. The van der Waals surface area contributed by atoms with E-state index in [0.29, 0.717) is 22.9 Å². The van der Waals surface area contributed by atoms with Gasteiger partial charge in [0, 0.05) is 34.2 Å². The molecule has 11 heteroatoms. The highest BCUT2D eigenvalue weighted by atomic mass is 35.5. The van der Waals surface area contributed by atoms with Crippen molar-refractivity contribution in [3.05, 3.63) is 59.4 Å². The third-order valence-electron chi connectivity index (χ3n) is 5.77. The van der Waals surface area contributed by atoms with Crippen molar-refractivity contribution in [1.29, 1.82) is 0 Å². The van der Waals surface area contributed by atoms with Crippen LogP contribution in [0.2, 0.25) is 5.02 Å². The standard InChI is InChI=1S/C22H20ClN5O3S2/c1-13-9-27(33(30,31)21-7-15-3-4-16(23)8-19(15)32-21)11-20(29)28(13)10-14-2-5-17-18(6-14)25-12-26-22(17)24/h2-8,12-13H,9-11H2,1H3,(H2,24,25,26)/t13-/m0/s1. The van der Waals surface area contributed by atoms with Gasteiger partial charge < -0.3 is 10.6 Å². The summed E-state index contributed by atoms with van der Waals surface area (Å²) >= 11 is 7.19. The van der Waals surface area contributed by atoms with Gasteiger partial charge in [-0.2, -0.15) is 4.31 Å². The van der Waals surface area contributed by atoms with Gasteiger partial charge in [0.25, 0.3) is 10.0 Å². The average molecular weight is 502 g/mol. The number of fused-ring (bicyclic) bond motifs is 2. The molecule has 8 nitrogen and oxygen atoms in total. The van der Waals surface area contributed by atoms with Gasteiger partial charge in [-0.05, 0) is 48.2 Å². The molecule has 1 fully saturated rings. The number of anilines is 1. The van der Waals surface area contributed by atoms with Crippen LogP contribution in [-0.4, -0.2) is 52.6 Å². The molecule has 2 N–H and O–H groups in total. The highest BCUT2D eigenvalue weighted by Crippen LogP contribution is 2.33. The molecule has 5 rings (SSSR count). The topological polar surface area (TPSA) is 109 Å². The molecule has 1 amide bonds. The Bertz CT molecular complexity index is 1500. The summed E-state index contributed by atoms with van der Waals surface area (Å²) in [7, 11) is -3.80. The van der Waals surface area contributed by atoms with Crippen LogP contribution >= 0.6 is 22.9 Å². The predicted octanol–water partition coefficient (Wildman–Crippen LogP) is 3.50. The second-order valence-corrected chi connectivity index (χ2v) is 11.7. The van der Waals surface area contributed by atoms with Crippen molar-refractivity contribution in [2.75, 3.05) is 18.8 Å². The number of hydrogen-bond donors (Lipinski definition) is 1. The monoisotopic (exact) mass is 501 g/mol. The molecule has 3 heterocycles. The maximum absolute atomic E-state index is 13.3. The number of sulfonamides is 1. The van der Waals surface area contributed by atoms with Crippen molar-refractivity contribution in [1.82, 2.24) is 19.2 Å². The lowest BCUT2D eigenvalue weighted by Gasteiger charge is -2.38. The summed E-state index contributed by atoms with van der Waals surface area (Å²) < 4.78 is 28.8. The number of nitrogens with two attached hydrogens (primary N) is 1. The summed E-state index contributed by atoms with van der Waals surface area (Å²) in [5, 5.41) is 2.11. The van der Waals surface area contributed by atoms with Gasteiger partial charge in [-0.25, -0.2) is 18.4 Å². The van der Waals surface area contributed by atoms with Crippen molar-refractivity contribution in [3.8, 4) is 0 Å². The first-order valence-electron chi connectivity index (χ1n) is 10.2. The van der Waals surface area contributed by atoms with Crippen molar-refractivity contribution < 1.29 is 13.2 Å². The Morgan fingerprint density at radius 3 is 2.79 bits per heavy atom. The van der Waals surface area contributed by atoms with E-state index in [-0.39, 0.29) is 29.2 Å². The number of carbonyl (C=O) groups excluding carboxylic acids is 1. The minimum absolute atomic E-state index is 0.204. The van der Waals surface area contributed by atoms with Crippen LogP contribution in [0.3, 0.4) is 0 Å². The lowest BCUT2D eigenvalue weighted by atomic mass is 10.1. The van der Waals surface area contributed by atoms with Gasteiger partial charge in [-0.3, -0.25) is 4.79 Å². The van der Waals surface area contributed by atoms with Crippen LogP contribution in [0.4, 0.5) is 5.82 Å². The van der Waals surface area contributed by atoms with E-state index in [2.05, 4.69) is 9.97 Å². The first kappa shape index (κ1) is 22.0. The Hall–Kier alpha value is -2.79. The van der Waals surface area contributed by atoms with E-state index in [1.165, 1.54) is 10.6 Å². The number of halogens is 1. The zero-order valence-corrected chi connectivity index (χ0v) is 20.0. The van der Waals surface area contributed by atoms with Gasteiger partial charge in [-0.15, -0.1) is 11.3 Å². The Labute approximate surface area is 199 Å². The van der Waals surface area contributed by atoms with E-state index in [1.54, 1.807) is 29.2 Å². The Kier molecular flexibility index (Phi) is 5.48. The molecule has 1 saturated heterocycles. The van der Waals surface area contributed by atoms with E-state index in [0.717, 1.165) is 32.4 Å². The summed E-state index contributed by atoms with van der Waals surface area (Å²) in [5.41, 5.74) is 7.47. The zero-order chi connectivity index (χ0) is 23.3. The normalized spacial score (nSPS) is 17.8. The minimum Gasteiger partial charge on any atom is -0.383 e. The van der Waals surface area contributed by atoms with E-state index < -0.39 is 10.0 Å². The molecule has 2 aromatic carbocycles. The summed E-state index contributed by atoms with van der Waals surface area (Å²) in [6.07, 6.45) is 1.40. The molecular formula is C22H20ClN5O3S2. The number of amides is 1. The quantitative estimate of drug-likeness (QED) is 0.458. The van der Waals surface area contributed by atoms with E-state index in [1.807, 2.05) is 25.1 Å². The summed E-state index contributed by atoms with van der Waals surface area (Å²) in [6.45, 7) is 2.22. The van der Waals surface area contributed by atoms with Gasteiger partial charge in [0.15, 0.2) is 0 Å². The van der Waals surface area contributed by atoms with E-state index in [4.69, 9.17) is 17.3 Å². The molecule has 0 unspecified atom stereocenters. The van der Waals surface area contributed by atoms with Crippen LogP contribution in [0.1, 0.15) is 12.5 Å². The average Bonchev–Trinajstić information content (AvgIpc) is 3.20. The molecule has 0 radical (unpaired) electrons. The highest BCUT2D eigenvalue weighted by Gasteiger charge is 2.37. The van der Waals surface area contributed by atoms with E-state index in [9.17, 15) is 13.2 Å². The lowest BCUT2D eigenvalue weighted by Crippen LogP contribution is -2.56. The molecule has 0 aliphatic carbocycles. The lowest BCUT2D eigenvalue weighted by molar-refractivity contribution is -0.137. The maximum Gasteiger partial charge on any atom is 0.253 e. The molecule has 170 valence electrons. The van der Waals surface area contributed by atoms with Gasteiger partial charge in [0.2, 0.25) is 5.91 Å². The number of piperazine rings is 1. The summed E-state index contributed by atoms with van der Waals surface area (Å²) in [6, 6.07) is 12.2. The van der Waals surface area contributed by atoms with Crippen LogP contribution < -0.4 is 5.73 Å². The number of nitrogens with zero attached hydrogens (tertiary/aromatic N) is 4. The number of hydrogen-bond acceptors (Lipinski definition) is 7. The maximum atomic E-state index is 13.3. The van der Waals surface area contributed by atoms with Crippen LogP contribution in [-0.2, 0) is 21.4 Å². The fraction of sp³-hybridized carbons (Fsp3) is 0.227. The SMILES string of the molecule is C[C@H]1CN(S(=O)(=O)c2cc3ccc(Cl)cc3s2)CC(=O)N1Cc1ccc2c(N)ncnc2c1. The van der Waals surface area contributed by atoms with Crippen molar-refractivity contribution in [3.63, 3.8) is 0 Å². The molecule has 1 aliphatic rings. The van der Waals surface area contributed by atoms with Gasteiger partial charge in [0.1, 0.15) is 16.4 Å². The van der Waals surface area contributed by atoms with Crippen molar-refractivity contribution in [2.45, 2.75) is 23.7 Å². The second-order valence-electron chi connectivity index (χ2n) is 8.03. The molecule has 0 saturated carbocycles. The molecular weight excluding hydrogens is 482 g/mol. The fourth-order valence-corrected chi connectivity index (χ4v) is 7.33. The van der Waals surface area contributed by atoms with Gasteiger partial charge >= 0.3 is 0 Å². The largest absolute Gasteiger partial charge is 0.383 e. The van der Waals surface area contributed by atoms with Gasteiger partial charge in [-0.1, -0.05) is 23.7 Å². The number of thiophene rings is 1. The molecule has 33 heavy (non-hydrogen) atoms. The second kappa shape index (κ2) is 8.21. The van der Waals surface area contributed by atoms with Crippen LogP contribution in [0, 0.1) is 0 Å². The Morgan fingerprint density at radius 1 is 1.18 bits per heavy atom. The number of benzene rings is 2. The smallest absolute Gasteiger partial charge is 0.253 e. The van der Waals surface area contributed by atoms with Crippen LogP contribution in [0.15, 0.2) is 53.0 Å². The summed E-state index contributed by atoms with van der Waals surface area (Å²) in [4.78, 5) is 22.9. The van der Waals surface area contributed by atoms with Crippen LogP contribution in [0.25, 0.3) is 21.0 Å². The molecule has 0 bridgehead atoms. The predicted molar refractivity (Wildman–Crippen MR) is 130 cm³/mol.